The predicted molar refractivity (Wildman–Crippen MR) is 161 cm³/mol. The number of nitrogens with zero attached hydrogens (tertiary/aromatic N) is 1. The summed E-state index contributed by atoms with van der Waals surface area (Å²) < 4.78 is 32.4. The van der Waals surface area contributed by atoms with Gasteiger partial charge in [0.25, 0.3) is 0 Å². The molecule has 2 saturated heterocycles. The monoisotopic (exact) mass is 650 g/mol. The zero-order valence-electron chi connectivity index (χ0n) is 23.9. The zero-order chi connectivity index (χ0) is 30.5. The van der Waals surface area contributed by atoms with Crippen LogP contribution in [0.1, 0.15) is 69.8 Å². The van der Waals surface area contributed by atoms with Gasteiger partial charge >= 0.3 is 6.09 Å². The fraction of sp³-hybridized carbons (Fsp3) is 0.667. The molecule has 43 heavy (non-hydrogen) atoms. The summed E-state index contributed by atoms with van der Waals surface area (Å²) >= 11 is 7.45. The van der Waals surface area contributed by atoms with Gasteiger partial charge in [0.2, 0.25) is 26.3 Å². The highest BCUT2D eigenvalue weighted by Gasteiger charge is 2.62. The van der Waals surface area contributed by atoms with E-state index in [1.54, 1.807) is 0 Å². The topological polar surface area (TPSA) is 120 Å². The van der Waals surface area contributed by atoms with Crippen LogP contribution in [0, 0.1) is 28.6 Å². The lowest BCUT2D eigenvalue weighted by Crippen LogP contribution is -2.53. The Hall–Kier alpha value is -2.36. The van der Waals surface area contributed by atoms with E-state index in [4.69, 9.17) is 16.3 Å². The highest BCUT2D eigenvalue weighted by Crippen LogP contribution is 2.58. The average Bonchev–Trinajstić information content (AvgIpc) is 3.90. The SMILES string of the molecule is N#C[C@]1(CC2CC3(CC3)NC2=O)SC1NC(=O)[Si@H](CC1CCC(F)(F)CC1)NC(=O)OCC1(Cc2cccc(Cl)c2)CC1. The molecule has 13 heteroatoms. The van der Waals surface area contributed by atoms with Crippen LogP contribution in [0.2, 0.25) is 11.1 Å². The smallest absolute Gasteiger partial charge is 0.399 e. The van der Waals surface area contributed by atoms with Gasteiger partial charge in [0.1, 0.15) is 10.1 Å². The standard InChI is InChI=1S/C30H37ClF2N4O4SSi/c31-22-3-1-2-20(12-22)13-27(8-9-27)18-41-25(39)37-43(16-19-4-6-30(32,33)7-5-19)26(40)35-24-29(17-34,42-24)15-21-14-28(10-11-28)36-23(21)38/h1-3,12,19,21,24,43H,4-11,13-16,18H2,(H,35,40)(H,36,38)(H,37,39)/t21?,24?,29-,43-/m0/s1. The summed E-state index contributed by atoms with van der Waals surface area (Å²) in [5, 5.41) is 16.2. The molecule has 1 aromatic carbocycles. The molecule has 6 rings (SSSR count). The molecule has 0 aromatic heterocycles. The Labute approximate surface area is 261 Å². The van der Waals surface area contributed by atoms with Crippen LogP contribution in [0.3, 0.4) is 0 Å². The zero-order valence-corrected chi connectivity index (χ0v) is 26.7. The van der Waals surface area contributed by atoms with Crippen molar-refractivity contribution in [1.29, 1.82) is 5.26 Å². The molecule has 1 spiro atoms. The van der Waals surface area contributed by atoms with E-state index in [0.29, 0.717) is 36.8 Å². The number of benzene rings is 1. The van der Waals surface area contributed by atoms with Gasteiger partial charge in [-0.1, -0.05) is 23.7 Å². The number of rotatable bonds is 11. The summed E-state index contributed by atoms with van der Waals surface area (Å²) in [5.41, 5.74) is 0.487. The van der Waals surface area contributed by atoms with Crippen LogP contribution in [0.15, 0.2) is 24.3 Å². The Balaban J connectivity index is 1.05. The summed E-state index contributed by atoms with van der Waals surface area (Å²) in [4.78, 5) is 41.9. The van der Waals surface area contributed by atoms with Crippen LogP contribution in [-0.2, 0) is 16.0 Å². The van der Waals surface area contributed by atoms with Gasteiger partial charge in [-0.3, -0.25) is 9.59 Å². The molecule has 3 N–H and O–H groups in total. The van der Waals surface area contributed by atoms with Gasteiger partial charge in [0.15, 0.2) is 0 Å². The first kappa shape index (κ1) is 30.7. The molecule has 0 radical (unpaired) electrons. The highest BCUT2D eigenvalue weighted by molar-refractivity contribution is 8.09. The number of nitriles is 1. The van der Waals surface area contributed by atoms with Gasteiger partial charge in [-0.2, -0.15) is 5.26 Å². The Morgan fingerprint density at radius 3 is 2.56 bits per heavy atom. The maximum absolute atomic E-state index is 13.8. The lowest BCUT2D eigenvalue weighted by atomic mass is 9.88. The van der Waals surface area contributed by atoms with Crippen molar-refractivity contribution in [3.8, 4) is 6.07 Å². The molecule has 3 amide bonds. The fourth-order valence-electron chi connectivity index (χ4n) is 6.76. The number of carbonyl (C=O) groups is 3. The van der Waals surface area contributed by atoms with E-state index < -0.39 is 31.1 Å². The number of amides is 3. The minimum atomic E-state index is -2.73. The Bertz CT molecular complexity index is 1330. The molecule has 5 fully saturated rings. The van der Waals surface area contributed by atoms with Crippen LogP contribution in [0.25, 0.3) is 0 Å². The Morgan fingerprint density at radius 1 is 1.19 bits per heavy atom. The molecule has 8 nitrogen and oxygen atoms in total. The first-order valence-electron chi connectivity index (χ1n) is 15.2. The minimum absolute atomic E-state index is 0.0285. The second kappa shape index (κ2) is 11.5. The van der Waals surface area contributed by atoms with Gasteiger partial charge in [-0.05, 0) is 87.4 Å². The van der Waals surface area contributed by atoms with Crippen molar-refractivity contribution in [2.45, 2.75) is 98.3 Å². The number of thioether (sulfide) groups is 1. The first-order valence-corrected chi connectivity index (χ1v) is 18.4. The van der Waals surface area contributed by atoms with Crippen LogP contribution < -0.4 is 15.6 Å². The summed E-state index contributed by atoms with van der Waals surface area (Å²) in [6.45, 7) is 0.213. The summed E-state index contributed by atoms with van der Waals surface area (Å²) in [6, 6.07) is 10.3. The fourth-order valence-corrected chi connectivity index (χ4v) is 10.5. The van der Waals surface area contributed by atoms with E-state index in [1.165, 1.54) is 11.8 Å². The molecule has 1 aromatic rings. The average molecular weight is 651 g/mol. The van der Waals surface area contributed by atoms with Gasteiger partial charge in [0.05, 0.1) is 12.7 Å². The van der Waals surface area contributed by atoms with Crippen molar-refractivity contribution in [2.75, 3.05) is 6.61 Å². The van der Waals surface area contributed by atoms with Crippen molar-refractivity contribution in [3.63, 3.8) is 0 Å². The van der Waals surface area contributed by atoms with Gasteiger partial charge < -0.3 is 20.4 Å². The van der Waals surface area contributed by atoms with Crippen molar-refractivity contribution in [2.24, 2.45) is 17.3 Å². The van der Waals surface area contributed by atoms with E-state index in [2.05, 4.69) is 21.7 Å². The molecule has 232 valence electrons. The summed E-state index contributed by atoms with van der Waals surface area (Å²) in [5.74, 6) is -3.07. The lowest BCUT2D eigenvalue weighted by molar-refractivity contribution is -0.122. The van der Waals surface area contributed by atoms with Crippen molar-refractivity contribution >= 4 is 49.9 Å². The molecule has 2 unspecified atom stereocenters. The Morgan fingerprint density at radius 2 is 1.93 bits per heavy atom. The van der Waals surface area contributed by atoms with Gasteiger partial charge in [-0.15, -0.1) is 11.8 Å². The van der Waals surface area contributed by atoms with E-state index in [0.717, 1.165) is 37.7 Å². The first-order chi connectivity index (χ1) is 20.4. The van der Waals surface area contributed by atoms with Gasteiger partial charge in [-0.25, -0.2) is 13.6 Å². The Kier molecular flexibility index (Phi) is 8.22. The van der Waals surface area contributed by atoms with E-state index in [-0.39, 0.29) is 53.7 Å². The third-order valence-electron chi connectivity index (χ3n) is 9.91. The van der Waals surface area contributed by atoms with E-state index in [9.17, 15) is 28.4 Å². The molecule has 2 heterocycles. The van der Waals surface area contributed by atoms with Crippen molar-refractivity contribution in [3.05, 3.63) is 34.9 Å². The number of alkyl halides is 2. The summed E-state index contributed by atoms with van der Waals surface area (Å²) in [6.07, 6.45) is 5.04. The highest BCUT2D eigenvalue weighted by atomic mass is 35.5. The number of ether oxygens (including phenoxy) is 1. The molecular formula is C30H37ClF2N4O4SSi. The molecule has 5 aliphatic rings. The number of hydrogen-bond acceptors (Lipinski definition) is 6. The minimum Gasteiger partial charge on any atom is -0.450 e. The number of halogens is 3. The van der Waals surface area contributed by atoms with Crippen LogP contribution in [-0.4, -0.2) is 54.7 Å². The molecule has 4 atom stereocenters. The number of carbonyl (C=O) groups excluding carboxylic acids is 3. The van der Waals surface area contributed by atoms with Crippen molar-refractivity contribution < 1.29 is 27.9 Å². The van der Waals surface area contributed by atoms with E-state index >= 15 is 0 Å². The van der Waals surface area contributed by atoms with Crippen LogP contribution in [0.4, 0.5) is 18.4 Å². The molecule has 3 aliphatic carbocycles. The number of hydrogen-bond donors (Lipinski definition) is 3. The maximum atomic E-state index is 13.8. The lowest BCUT2D eigenvalue weighted by Gasteiger charge is -2.30. The third-order valence-corrected chi connectivity index (χ3v) is 14.1. The van der Waals surface area contributed by atoms with Crippen LogP contribution in [0.5, 0.6) is 0 Å². The quantitative estimate of drug-likeness (QED) is 0.211. The van der Waals surface area contributed by atoms with Gasteiger partial charge in [0, 0.05) is 34.7 Å². The third kappa shape index (κ3) is 7.31. The molecular weight excluding hydrogens is 614 g/mol. The second-order valence-corrected chi connectivity index (χ2v) is 17.8. The molecule has 3 saturated carbocycles. The largest absolute Gasteiger partial charge is 0.450 e. The van der Waals surface area contributed by atoms with Crippen LogP contribution >= 0.6 is 23.4 Å². The predicted octanol–water partition coefficient (Wildman–Crippen LogP) is 5.62. The summed E-state index contributed by atoms with van der Waals surface area (Å²) in [7, 11) is -2.73. The normalized spacial score (nSPS) is 30.0. The molecule has 0 bridgehead atoms. The van der Waals surface area contributed by atoms with Crippen molar-refractivity contribution in [1.82, 2.24) is 15.6 Å². The number of nitrogens with one attached hydrogen (secondary N) is 3. The van der Waals surface area contributed by atoms with E-state index in [1.807, 2.05) is 24.3 Å². The second-order valence-electron chi connectivity index (χ2n) is 13.5. The molecule has 2 aliphatic heterocycles. The maximum Gasteiger partial charge on any atom is 0.399 e.